The maximum Gasteiger partial charge on any atom is 0.0467 e. The van der Waals surface area contributed by atoms with Crippen LogP contribution in [-0.4, -0.2) is 0 Å². The van der Waals surface area contributed by atoms with E-state index < -0.39 is 0 Å². The molecule has 0 atom stereocenters. The van der Waals surface area contributed by atoms with Gasteiger partial charge in [0.25, 0.3) is 0 Å². The molecule has 0 aliphatic rings. The summed E-state index contributed by atoms with van der Waals surface area (Å²) >= 11 is 1.88. The van der Waals surface area contributed by atoms with Gasteiger partial charge in [-0.05, 0) is 121 Å². The van der Waals surface area contributed by atoms with Gasteiger partial charge in [0.15, 0.2) is 0 Å². The Hall–Kier alpha value is -7.52. The smallest absolute Gasteiger partial charge is 0.0467 e. The van der Waals surface area contributed by atoms with E-state index >= 15 is 0 Å². The zero-order valence-electron chi connectivity index (χ0n) is 32.9. The monoisotopic (exact) mass is 781 g/mol. The zero-order chi connectivity index (χ0) is 39.8. The fourth-order valence-electron chi connectivity index (χ4n) is 8.57. The Bertz CT molecular complexity index is 3290. The number of hydrogen-bond acceptors (Lipinski definition) is 2. The van der Waals surface area contributed by atoms with E-state index in [0.717, 1.165) is 17.1 Å². The van der Waals surface area contributed by atoms with Crippen molar-refractivity contribution in [3.63, 3.8) is 0 Å². The van der Waals surface area contributed by atoms with E-state index in [4.69, 9.17) is 0 Å². The van der Waals surface area contributed by atoms with E-state index in [2.05, 4.69) is 241 Å². The third kappa shape index (κ3) is 6.73. The van der Waals surface area contributed by atoms with Gasteiger partial charge in [-0.15, -0.1) is 11.3 Å². The van der Waals surface area contributed by atoms with Gasteiger partial charge in [0.05, 0.1) is 0 Å². The van der Waals surface area contributed by atoms with Crippen LogP contribution in [0.15, 0.2) is 237 Å². The Morgan fingerprint density at radius 3 is 1.48 bits per heavy atom. The van der Waals surface area contributed by atoms with Crippen molar-refractivity contribution in [1.82, 2.24) is 0 Å². The second-order valence-corrected chi connectivity index (χ2v) is 16.4. The van der Waals surface area contributed by atoms with E-state index in [1.165, 1.54) is 86.6 Å². The normalized spacial score (nSPS) is 11.3. The number of hydrogen-bond donors (Lipinski definition) is 0. The van der Waals surface area contributed by atoms with E-state index in [-0.39, 0.29) is 0 Å². The van der Waals surface area contributed by atoms with Gasteiger partial charge in [0.2, 0.25) is 0 Å². The van der Waals surface area contributed by atoms with Gasteiger partial charge in [0, 0.05) is 37.2 Å². The summed E-state index contributed by atoms with van der Waals surface area (Å²) in [5.41, 5.74) is 15.4. The average Bonchev–Trinajstić information content (AvgIpc) is 3.72. The molecule has 0 aliphatic heterocycles. The van der Waals surface area contributed by atoms with Gasteiger partial charge in [-0.3, -0.25) is 0 Å². The fourth-order valence-corrected chi connectivity index (χ4v) is 9.81. The Kier molecular flexibility index (Phi) is 9.11. The Labute approximate surface area is 354 Å². The SMILES string of the molecule is c1ccc(-c2ccc(-c3ccc(N(c4ccc(-c5cccc(-c6cccc7c6sc6ccccc67)c5)cc4)c4cccc(-c5ccc6ccccc6c5)c4)cc3)cc2)cc1. The molecule has 1 aromatic heterocycles. The van der Waals surface area contributed by atoms with Crippen LogP contribution < -0.4 is 4.90 Å². The standard InChI is InChI=1S/C58H39NS/c1-2-11-40(12-3-1)42-23-25-43(26-24-42)44-29-33-51(34-30-44)59(53-18-9-16-48(39-53)49-28-27-41-13-4-5-14-46(41)37-49)52-35-31-45(32-36-52)47-15-8-17-50(38-47)54-20-10-21-56-55-19-6-7-22-57(55)60-58(54)56/h1-39H. The maximum absolute atomic E-state index is 2.37. The van der Waals surface area contributed by atoms with E-state index in [0.29, 0.717) is 0 Å². The molecule has 0 N–H and O–H groups in total. The van der Waals surface area contributed by atoms with Gasteiger partial charge >= 0.3 is 0 Å². The lowest BCUT2D eigenvalue weighted by Gasteiger charge is -2.26. The minimum atomic E-state index is 1.10. The summed E-state index contributed by atoms with van der Waals surface area (Å²) in [5.74, 6) is 0. The molecule has 0 amide bonds. The first-order valence-electron chi connectivity index (χ1n) is 20.5. The molecule has 0 fully saturated rings. The third-order valence-electron chi connectivity index (χ3n) is 11.7. The van der Waals surface area contributed by atoms with Crippen LogP contribution in [0.2, 0.25) is 0 Å². The summed E-state index contributed by atoms with van der Waals surface area (Å²) in [4.78, 5) is 2.37. The van der Waals surface area contributed by atoms with E-state index in [1.807, 2.05) is 11.3 Å². The van der Waals surface area contributed by atoms with Crippen molar-refractivity contribution in [2.24, 2.45) is 0 Å². The first kappa shape index (κ1) is 35.6. The number of fused-ring (bicyclic) bond motifs is 4. The van der Waals surface area contributed by atoms with Crippen molar-refractivity contribution in [2.45, 2.75) is 0 Å². The molecule has 10 aromatic carbocycles. The predicted octanol–water partition coefficient (Wildman–Crippen LogP) is 17.0. The fraction of sp³-hybridized carbons (Fsp3) is 0. The number of anilines is 3. The molecule has 0 saturated heterocycles. The second kappa shape index (κ2) is 15.3. The van der Waals surface area contributed by atoms with E-state index in [1.54, 1.807) is 0 Å². The molecule has 0 radical (unpaired) electrons. The summed E-state index contributed by atoms with van der Waals surface area (Å²) in [6, 6.07) is 86.1. The Balaban J connectivity index is 0.953. The molecule has 2 heteroatoms. The number of benzene rings is 10. The first-order chi connectivity index (χ1) is 29.7. The molecule has 60 heavy (non-hydrogen) atoms. The van der Waals surface area contributed by atoms with Gasteiger partial charge in [0.1, 0.15) is 0 Å². The highest BCUT2D eigenvalue weighted by Crippen LogP contribution is 2.42. The van der Waals surface area contributed by atoms with Crippen molar-refractivity contribution in [2.75, 3.05) is 4.90 Å². The maximum atomic E-state index is 2.37. The molecular weight excluding hydrogens is 743 g/mol. The minimum absolute atomic E-state index is 1.10. The average molecular weight is 782 g/mol. The molecule has 282 valence electrons. The molecule has 0 bridgehead atoms. The van der Waals surface area contributed by atoms with Crippen LogP contribution in [0.5, 0.6) is 0 Å². The minimum Gasteiger partial charge on any atom is -0.310 e. The quantitative estimate of drug-likeness (QED) is 0.148. The molecule has 11 aromatic rings. The van der Waals surface area contributed by atoms with Crippen molar-refractivity contribution in [3.8, 4) is 55.6 Å². The summed E-state index contributed by atoms with van der Waals surface area (Å²) < 4.78 is 2.66. The van der Waals surface area contributed by atoms with Gasteiger partial charge in [-0.2, -0.15) is 0 Å². The van der Waals surface area contributed by atoms with Crippen LogP contribution in [0.25, 0.3) is 86.6 Å². The van der Waals surface area contributed by atoms with Crippen molar-refractivity contribution < 1.29 is 0 Å². The van der Waals surface area contributed by atoms with Crippen LogP contribution in [0, 0.1) is 0 Å². The molecule has 1 heterocycles. The zero-order valence-corrected chi connectivity index (χ0v) is 33.7. The summed E-state index contributed by atoms with van der Waals surface area (Å²) in [5, 5.41) is 5.13. The van der Waals surface area contributed by atoms with Gasteiger partial charge in [-0.25, -0.2) is 0 Å². The van der Waals surface area contributed by atoms with Crippen LogP contribution >= 0.6 is 11.3 Å². The highest BCUT2D eigenvalue weighted by Gasteiger charge is 2.16. The molecular formula is C58H39NS. The summed E-state index contributed by atoms with van der Waals surface area (Å²) in [7, 11) is 0. The first-order valence-corrected chi connectivity index (χ1v) is 21.3. The summed E-state index contributed by atoms with van der Waals surface area (Å²) in [6.45, 7) is 0. The number of rotatable bonds is 8. The third-order valence-corrected chi connectivity index (χ3v) is 12.9. The van der Waals surface area contributed by atoms with Crippen LogP contribution in [-0.2, 0) is 0 Å². The topological polar surface area (TPSA) is 3.24 Å². The Morgan fingerprint density at radius 2 is 0.750 bits per heavy atom. The lowest BCUT2D eigenvalue weighted by Crippen LogP contribution is -2.10. The van der Waals surface area contributed by atoms with Gasteiger partial charge < -0.3 is 4.90 Å². The van der Waals surface area contributed by atoms with Crippen LogP contribution in [0.4, 0.5) is 17.1 Å². The lowest BCUT2D eigenvalue weighted by atomic mass is 9.97. The highest BCUT2D eigenvalue weighted by atomic mass is 32.1. The largest absolute Gasteiger partial charge is 0.310 e. The molecule has 1 nitrogen and oxygen atoms in total. The highest BCUT2D eigenvalue weighted by molar-refractivity contribution is 7.26. The molecule has 0 unspecified atom stereocenters. The van der Waals surface area contributed by atoms with E-state index in [9.17, 15) is 0 Å². The molecule has 0 spiro atoms. The van der Waals surface area contributed by atoms with Crippen LogP contribution in [0.3, 0.4) is 0 Å². The molecule has 0 saturated carbocycles. The van der Waals surface area contributed by atoms with Crippen LogP contribution in [0.1, 0.15) is 0 Å². The number of nitrogens with zero attached hydrogens (tertiary/aromatic N) is 1. The van der Waals surface area contributed by atoms with Crippen molar-refractivity contribution in [1.29, 1.82) is 0 Å². The second-order valence-electron chi connectivity index (χ2n) is 15.3. The van der Waals surface area contributed by atoms with Crippen molar-refractivity contribution in [3.05, 3.63) is 237 Å². The molecule has 11 rings (SSSR count). The Morgan fingerprint density at radius 1 is 0.267 bits per heavy atom. The van der Waals surface area contributed by atoms with Crippen molar-refractivity contribution >= 4 is 59.3 Å². The molecule has 0 aliphatic carbocycles. The lowest BCUT2D eigenvalue weighted by molar-refractivity contribution is 1.28. The van der Waals surface area contributed by atoms with Gasteiger partial charge in [-0.1, -0.05) is 182 Å². The number of thiophene rings is 1. The summed E-state index contributed by atoms with van der Waals surface area (Å²) in [6.07, 6.45) is 0. The predicted molar refractivity (Wildman–Crippen MR) is 259 cm³/mol.